The number of para-hydroxylation sites is 1. The maximum atomic E-state index is 11.7. The summed E-state index contributed by atoms with van der Waals surface area (Å²) in [6, 6.07) is 8.86. The highest BCUT2D eigenvalue weighted by Gasteiger charge is 2.22. The number of halogens is 3. The van der Waals surface area contributed by atoms with Gasteiger partial charge in [-0.15, -0.1) is 0 Å². The van der Waals surface area contributed by atoms with Crippen LogP contribution in [0.15, 0.2) is 30.3 Å². The van der Waals surface area contributed by atoms with Crippen molar-refractivity contribution in [3.05, 3.63) is 30.3 Å². The summed E-state index contributed by atoms with van der Waals surface area (Å²) in [4.78, 5) is 0. The number of hydrogen-bond donors (Lipinski definition) is 0. The molecular weight excluding hydrogens is 208 g/mol. The van der Waals surface area contributed by atoms with E-state index in [0.717, 1.165) is 0 Å². The van der Waals surface area contributed by atoms with Crippen LogP contribution >= 0.6 is 0 Å². The Balaban J connectivity index is 2.08. The lowest BCUT2D eigenvalue weighted by molar-refractivity contribution is 0.114. The van der Waals surface area contributed by atoms with E-state index in [4.69, 9.17) is 4.74 Å². The van der Waals surface area contributed by atoms with Crippen LogP contribution in [0.4, 0.5) is 12.9 Å². The summed E-state index contributed by atoms with van der Waals surface area (Å²) in [6.07, 6.45) is 0. The van der Waals surface area contributed by atoms with Crippen LogP contribution < -0.4 is 4.74 Å². The molecule has 0 aliphatic rings. The van der Waals surface area contributed by atoms with Crippen molar-refractivity contribution in [3.63, 3.8) is 0 Å². The molecule has 1 rings (SSSR count). The van der Waals surface area contributed by atoms with Crippen molar-refractivity contribution < 1.29 is 22.4 Å². The molecule has 0 bridgehead atoms. The Morgan fingerprint density at radius 2 is 1.67 bits per heavy atom. The van der Waals surface area contributed by atoms with Gasteiger partial charge in [-0.25, -0.2) is 0 Å². The second-order valence-electron chi connectivity index (χ2n) is 2.95. The summed E-state index contributed by atoms with van der Waals surface area (Å²) in [7, 11) is 0. The van der Waals surface area contributed by atoms with Gasteiger partial charge in [0.2, 0.25) is 0 Å². The van der Waals surface area contributed by atoms with E-state index < -0.39 is 13.5 Å². The van der Waals surface area contributed by atoms with Crippen molar-refractivity contribution in [1.82, 2.24) is 0 Å². The van der Waals surface area contributed by atoms with Crippen LogP contribution in [-0.2, 0) is 4.74 Å². The summed E-state index contributed by atoms with van der Waals surface area (Å²) in [5.41, 5.74) is 0. The molecule has 0 N–H and O–H groups in total. The fourth-order valence-electron chi connectivity index (χ4n) is 0.952. The Bertz CT molecular complexity index is 276. The van der Waals surface area contributed by atoms with Gasteiger partial charge in [0.15, 0.2) is 0 Å². The third-order valence-electron chi connectivity index (χ3n) is 1.55. The highest BCUT2D eigenvalue weighted by atomic mass is 19.4. The third kappa shape index (κ3) is 6.01. The fraction of sp³-hybridized carbons (Fsp3) is 0.333. The minimum Gasteiger partial charge on any atom is -0.491 e. The van der Waals surface area contributed by atoms with Gasteiger partial charge in [-0.1, -0.05) is 18.2 Å². The maximum Gasteiger partial charge on any atom is 0.503 e. The van der Waals surface area contributed by atoms with Crippen LogP contribution in [0.25, 0.3) is 0 Å². The fourth-order valence-corrected chi connectivity index (χ4v) is 0.952. The first-order valence-electron chi connectivity index (χ1n) is 4.54. The Morgan fingerprint density at radius 3 is 2.27 bits per heavy atom. The van der Waals surface area contributed by atoms with Crippen molar-refractivity contribution in [2.75, 3.05) is 19.7 Å². The van der Waals surface area contributed by atoms with E-state index in [1.807, 2.05) is 6.07 Å². The van der Waals surface area contributed by atoms with Gasteiger partial charge in [0, 0.05) is 6.51 Å². The van der Waals surface area contributed by atoms with Crippen molar-refractivity contribution in [2.45, 2.75) is 0 Å². The van der Waals surface area contributed by atoms with Gasteiger partial charge in [0.25, 0.3) is 0 Å². The minimum atomic E-state index is -4.85. The normalized spacial score (nSPS) is 11.4. The zero-order chi connectivity index (χ0) is 11.1. The molecule has 0 radical (unpaired) electrons. The SMILES string of the molecule is F[B-](F)(F)COCCOc1ccccc1. The Morgan fingerprint density at radius 1 is 1.00 bits per heavy atom. The zero-order valence-corrected chi connectivity index (χ0v) is 8.04. The van der Waals surface area contributed by atoms with Gasteiger partial charge in [0.05, 0.1) is 6.61 Å². The van der Waals surface area contributed by atoms with Crippen molar-refractivity contribution in [3.8, 4) is 5.75 Å². The smallest absolute Gasteiger partial charge is 0.491 e. The predicted molar refractivity (Wildman–Crippen MR) is 51.8 cm³/mol. The van der Waals surface area contributed by atoms with Gasteiger partial charge in [-0.3, -0.25) is 0 Å². The average Bonchev–Trinajstić information content (AvgIpc) is 2.17. The van der Waals surface area contributed by atoms with Crippen molar-refractivity contribution >= 4 is 6.98 Å². The number of rotatable bonds is 6. The van der Waals surface area contributed by atoms with E-state index in [0.29, 0.717) is 5.75 Å². The Kier molecular flexibility index (Phi) is 4.49. The highest BCUT2D eigenvalue weighted by molar-refractivity contribution is 6.58. The largest absolute Gasteiger partial charge is 0.503 e. The van der Waals surface area contributed by atoms with Gasteiger partial charge in [-0.2, -0.15) is 0 Å². The molecule has 1 aromatic rings. The van der Waals surface area contributed by atoms with Crippen LogP contribution in [0.2, 0.25) is 0 Å². The summed E-state index contributed by atoms with van der Waals surface area (Å²) < 4.78 is 44.6. The van der Waals surface area contributed by atoms with E-state index >= 15 is 0 Å². The monoisotopic (exact) mass is 219 g/mol. The number of ether oxygens (including phenoxy) is 2. The topological polar surface area (TPSA) is 18.5 Å². The Labute approximate surface area is 86.1 Å². The van der Waals surface area contributed by atoms with E-state index in [2.05, 4.69) is 4.74 Å². The van der Waals surface area contributed by atoms with Crippen LogP contribution in [0.1, 0.15) is 0 Å². The van der Waals surface area contributed by atoms with Crippen LogP contribution in [0.3, 0.4) is 0 Å². The molecule has 0 atom stereocenters. The number of hydrogen-bond acceptors (Lipinski definition) is 2. The van der Waals surface area contributed by atoms with E-state index in [1.54, 1.807) is 24.3 Å². The molecule has 0 saturated carbocycles. The molecule has 6 heteroatoms. The van der Waals surface area contributed by atoms with E-state index in [-0.39, 0.29) is 13.2 Å². The summed E-state index contributed by atoms with van der Waals surface area (Å²) in [5, 5.41) is 0. The Hall–Kier alpha value is -1.17. The second-order valence-corrected chi connectivity index (χ2v) is 2.95. The summed E-state index contributed by atoms with van der Waals surface area (Å²) >= 11 is 0. The van der Waals surface area contributed by atoms with Crippen molar-refractivity contribution in [1.29, 1.82) is 0 Å². The molecule has 0 heterocycles. The van der Waals surface area contributed by atoms with E-state index in [9.17, 15) is 12.9 Å². The second kappa shape index (κ2) is 5.65. The molecule has 0 unspecified atom stereocenters. The first-order valence-corrected chi connectivity index (χ1v) is 4.54. The molecule has 0 saturated heterocycles. The van der Waals surface area contributed by atoms with Crippen LogP contribution in [-0.4, -0.2) is 26.7 Å². The predicted octanol–water partition coefficient (Wildman–Crippen LogP) is 2.47. The molecule has 0 aromatic heterocycles. The first kappa shape index (κ1) is 11.9. The first-order chi connectivity index (χ1) is 7.08. The molecule has 0 spiro atoms. The lowest BCUT2D eigenvalue weighted by Crippen LogP contribution is -2.25. The lowest BCUT2D eigenvalue weighted by atomic mass is 9.95. The van der Waals surface area contributed by atoms with Gasteiger partial charge in [0.1, 0.15) is 12.4 Å². The maximum absolute atomic E-state index is 11.7. The average molecular weight is 219 g/mol. The molecule has 84 valence electrons. The highest BCUT2D eigenvalue weighted by Crippen LogP contribution is 2.09. The molecule has 0 aliphatic heterocycles. The molecule has 1 aromatic carbocycles. The van der Waals surface area contributed by atoms with Gasteiger partial charge < -0.3 is 22.4 Å². The van der Waals surface area contributed by atoms with Gasteiger partial charge >= 0.3 is 6.98 Å². The summed E-state index contributed by atoms with van der Waals surface area (Å²) in [5.74, 6) is 0.624. The quantitative estimate of drug-likeness (QED) is 0.540. The van der Waals surface area contributed by atoms with Gasteiger partial charge in [-0.05, 0) is 12.1 Å². The summed E-state index contributed by atoms with van der Waals surface area (Å²) in [6.45, 7) is -5.96. The van der Waals surface area contributed by atoms with Crippen LogP contribution in [0.5, 0.6) is 5.75 Å². The lowest BCUT2D eigenvalue weighted by Gasteiger charge is -2.13. The standard InChI is InChI=1S/C9H11BF3O2/c11-10(12,13)8-14-6-7-15-9-4-2-1-3-5-9/h1-5H,6-8H2/q-1. The minimum absolute atomic E-state index is 0.0594. The third-order valence-corrected chi connectivity index (χ3v) is 1.55. The molecule has 2 nitrogen and oxygen atoms in total. The molecular formula is C9H11BF3O2-. The molecule has 15 heavy (non-hydrogen) atoms. The van der Waals surface area contributed by atoms with Crippen LogP contribution in [0, 0.1) is 0 Å². The van der Waals surface area contributed by atoms with E-state index in [1.165, 1.54) is 0 Å². The number of benzene rings is 1. The molecule has 0 aliphatic carbocycles. The zero-order valence-electron chi connectivity index (χ0n) is 8.04. The van der Waals surface area contributed by atoms with Crippen molar-refractivity contribution in [2.24, 2.45) is 0 Å². The molecule has 0 amide bonds. The molecule has 0 fully saturated rings.